The smallest absolute Gasteiger partial charge is 0.231 e. The first-order valence-electron chi connectivity index (χ1n) is 4.83. The van der Waals surface area contributed by atoms with E-state index in [0.717, 1.165) is 5.56 Å². The molecule has 1 aromatic carbocycles. The molecule has 3 nitrogen and oxygen atoms in total. The molecule has 1 aromatic rings. The zero-order chi connectivity index (χ0) is 11.3. The van der Waals surface area contributed by atoms with Crippen LogP contribution in [-0.2, 0) is 11.2 Å². The Morgan fingerprint density at radius 1 is 1.53 bits per heavy atom. The lowest BCUT2D eigenvalue weighted by Crippen LogP contribution is -2.30. The Bertz CT molecular complexity index is 352. The highest BCUT2D eigenvalue weighted by Crippen LogP contribution is 2.09. The van der Waals surface area contributed by atoms with Gasteiger partial charge in [0.25, 0.3) is 0 Å². The highest BCUT2D eigenvalue weighted by molar-refractivity contribution is 5.75. The van der Waals surface area contributed by atoms with Crippen LogP contribution >= 0.6 is 0 Å². The topological polar surface area (TPSA) is 55.1 Å². The fraction of sp³-hybridized carbons (Fsp3) is 0.364. The van der Waals surface area contributed by atoms with Gasteiger partial charge < -0.3 is 11.1 Å². The lowest BCUT2D eigenvalue weighted by Gasteiger charge is -2.05. The molecule has 0 heterocycles. The normalized spacial score (nSPS) is 10.3. The number of halogens is 1. The molecule has 0 aliphatic rings. The van der Waals surface area contributed by atoms with Crippen molar-refractivity contribution in [2.45, 2.75) is 13.3 Å². The van der Waals surface area contributed by atoms with Crippen LogP contribution in [0.4, 0.5) is 4.39 Å². The first-order chi connectivity index (χ1) is 7.09. The minimum Gasteiger partial charge on any atom is -0.369 e. The molecule has 1 rings (SSSR count). The zero-order valence-corrected chi connectivity index (χ0v) is 8.72. The molecule has 4 heteroatoms. The fourth-order valence-electron chi connectivity index (χ4n) is 1.33. The fourth-order valence-corrected chi connectivity index (χ4v) is 1.33. The summed E-state index contributed by atoms with van der Waals surface area (Å²) < 4.78 is 13.2. The van der Waals surface area contributed by atoms with Gasteiger partial charge in [-0.2, -0.15) is 0 Å². The van der Waals surface area contributed by atoms with E-state index in [0.29, 0.717) is 18.5 Å². The highest BCUT2D eigenvalue weighted by atomic mass is 19.1. The minimum atomic E-state index is -0.403. The van der Waals surface area contributed by atoms with Crippen molar-refractivity contribution in [3.63, 3.8) is 0 Å². The van der Waals surface area contributed by atoms with E-state index < -0.39 is 5.91 Å². The van der Waals surface area contributed by atoms with Gasteiger partial charge in [-0.3, -0.25) is 4.79 Å². The van der Waals surface area contributed by atoms with E-state index in [9.17, 15) is 9.18 Å². The quantitative estimate of drug-likeness (QED) is 0.705. The van der Waals surface area contributed by atoms with Crippen LogP contribution in [0.3, 0.4) is 0 Å². The molecule has 0 unspecified atom stereocenters. The molecule has 0 fully saturated rings. The summed E-state index contributed by atoms with van der Waals surface area (Å²) in [5.74, 6) is -0.610. The van der Waals surface area contributed by atoms with Gasteiger partial charge in [0, 0.05) is 0 Å². The summed E-state index contributed by atoms with van der Waals surface area (Å²) in [7, 11) is 0. The maximum absolute atomic E-state index is 13.2. The van der Waals surface area contributed by atoms with Gasteiger partial charge in [0.2, 0.25) is 5.91 Å². The molecule has 0 aromatic heterocycles. The Balaban J connectivity index is 2.43. The molecule has 0 aliphatic heterocycles. The van der Waals surface area contributed by atoms with Crippen LogP contribution in [0.5, 0.6) is 0 Å². The molecule has 0 aliphatic carbocycles. The molecule has 82 valence electrons. The molecule has 1 amide bonds. The second kappa shape index (κ2) is 5.46. The molecule has 0 saturated heterocycles. The Morgan fingerprint density at radius 2 is 2.27 bits per heavy atom. The van der Waals surface area contributed by atoms with Gasteiger partial charge >= 0.3 is 0 Å². The van der Waals surface area contributed by atoms with Gasteiger partial charge in [-0.05, 0) is 31.5 Å². The zero-order valence-electron chi connectivity index (χ0n) is 8.72. The van der Waals surface area contributed by atoms with Crippen LogP contribution in [0.25, 0.3) is 0 Å². The van der Waals surface area contributed by atoms with Crippen molar-refractivity contribution in [3.8, 4) is 0 Å². The standard InChI is InChI=1S/C11H15FN2O/c1-8-2-3-10(12)9(6-8)4-5-14-7-11(13)15/h2-3,6,14H,4-5,7H2,1H3,(H2,13,15). The number of hydrogen-bond acceptors (Lipinski definition) is 2. The summed E-state index contributed by atoms with van der Waals surface area (Å²) in [6.45, 7) is 2.59. The van der Waals surface area contributed by atoms with Crippen molar-refractivity contribution in [2.24, 2.45) is 5.73 Å². The summed E-state index contributed by atoms with van der Waals surface area (Å²) in [4.78, 5) is 10.4. The Kier molecular flexibility index (Phi) is 4.24. The van der Waals surface area contributed by atoms with Crippen molar-refractivity contribution in [1.29, 1.82) is 0 Å². The molecular formula is C11H15FN2O. The summed E-state index contributed by atoms with van der Waals surface area (Å²) in [6.07, 6.45) is 0.556. The second-order valence-corrected chi connectivity index (χ2v) is 3.49. The summed E-state index contributed by atoms with van der Waals surface area (Å²) in [5, 5.41) is 2.84. The van der Waals surface area contributed by atoms with Crippen LogP contribution in [0.15, 0.2) is 18.2 Å². The largest absolute Gasteiger partial charge is 0.369 e. The number of benzene rings is 1. The number of nitrogens with one attached hydrogen (secondary N) is 1. The highest BCUT2D eigenvalue weighted by Gasteiger charge is 2.01. The molecule has 0 atom stereocenters. The van der Waals surface area contributed by atoms with Crippen molar-refractivity contribution in [3.05, 3.63) is 35.1 Å². The van der Waals surface area contributed by atoms with Gasteiger partial charge in [-0.15, -0.1) is 0 Å². The van der Waals surface area contributed by atoms with Crippen LogP contribution in [0.1, 0.15) is 11.1 Å². The third-order valence-electron chi connectivity index (χ3n) is 2.07. The van der Waals surface area contributed by atoms with Gasteiger partial charge in [0.15, 0.2) is 0 Å². The number of aryl methyl sites for hydroxylation is 1. The Labute approximate surface area is 88.5 Å². The van der Waals surface area contributed by atoms with E-state index in [-0.39, 0.29) is 12.4 Å². The number of nitrogens with two attached hydrogens (primary N) is 1. The van der Waals surface area contributed by atoms with Crippen molar-refractivity contribution in [1.82, 2.24) is 5.32 Å². The van der Waals surface area contributed by atoms with E-state index in [2.05, 4.69) is 5.32 Å². The first-order valence-corrected chi connectivity index (χ1v) is 4.83. The van der Waals surface area contributed by atoms with Crippen LogP contribution in [0.2, 0.25) is 0 Å². The molecular weight excluding hydrogens is 195 g/mol. The van der Waals surface area contributed by atoms with Crippen molar-refractivity contribution >= 4 is 5.91 Å². The monoisotopic (exact) mass is 210 g/mol. The summed E-state index contributed by atoms with van der Waals surface area (Å²) in [5.41, 5.74) is 6.64. The minimum absolute atomic E-state index is 0.132. The predicted octanol–water partition coefficient (Wildman–Crippen LogP) is 0.752. The lowest BCUT2D eigenvalue weighted by molar-refractivity contribution is -0.117. The molecule has 0 spiro atoms. The lowest BCUT2D eigenvalue weighted by atomic mass is 10.1. The van der Waals surface area contributed by atoms with E-state index in [4.69, 9.17) is 5.73 Å². The van der Waals surface area contributed by atoms with Gasteiger partial charge in [0.05, 0.1) is 6.54 Å². The van der Waals surface area contributed by atoms with Gasteiger partial charge in [0.1, 0.15) is 5.82 Å². The number of carbonyl (C=O) groups excluding carboxylic acids is 1. The molecule has 15 heavy (non-hydrogen) atoms. The van der Waals surface area contributed by atoms with Crippen LogP contribution in [-0.4, -0.2) is 19.0 Å². The van der Waals surface area contributed by atoms with E-state index in [1.54, 1.807) is 12.1 Å². The Hall–Kier alpha value is -1.42. The molecule has 0 saturated carbocycles. The van der Waals surface area contributed by atoms with Gasteiger partial charge in [-0.1, -0.05) is 17.7 Å². The number of carbonyl (C=O) groups is 1. The predicted molar refractivity (Wildman–Crippen MR) is 56.9 cm³/mol. The summed E-state index contributed by atoms with van der Waals surface area (Å²) in [6, 6.07) is 5.00. The third-order valence-corrected chi connectivity index (χ3v) is 2.07. The maximum Gasteiger partial charge on any atom is 0.231 e. The van der Waals surface area contributed by atoms with E-state index in [1.807, 2.05) is 6.92 Å². The molecule has 0 bridgehead atoms. The maximum atomic E-state index is 13.2. The number of primary amides is 1. The van der Waals surface area contributed by atoms with Crippen LogP contribution < -0.4 is 11.1 Å². The average Bonchev–Trinajstić information content (AvgIpc) is 2.17. The average molecular weight is 210 g/mol. The second-order valence-electron chi connectivity index (χ2n) is 3.49. The van der Waals surface area contributed by atoms with Crippen molar-refractivity contribution in [2.75, 3.05) is 13.1 Å². The van der Waals surface area contributed by atoms with E-state index >= 15 is 0 Å². The number of rotatable bonds is 5. The van der Waals surface area contributed by atoms with Gasteiger partial charge in [-0.25, -0.2) is 4.39 Å². The number of hydrogen-bond donors (Lipinski definition) is 2. The Morgan fingerprint density at radius 3 is 2.93 bits per heavy atom. The molecule has 3 N–H and O–H groups in total. The SMILES string of the molecule is Cc1ccc(F)c(CCNCC(N)=O)c1. The third kappa shape index (κ3) is 4.08. The summed E-state index contributed by atoms with van der Waals surface area (Å²) >= 11 is 0. The van der Waals surface area contributed by atoms with E-state index in [1.165, 1.54) is 6.07 Å². The number of amides is 1. The van der Waals surface area contributed by atoms with Crippen LogP contribution in [0, 0.1) is 12.7 Å². The van der Waals surface area contributed by atoms with Crippen molar-refractivity contribution < 1.29 is 9.18 Å². The molecule has 0 radical (unpaired) electrons. The first kappa shape index (κ1) is 11.7.